The number of amides is 1. The van der Waals surface area contributed by atoms with Gasteiger partial charge in [0.15, 0.2) is 0 Å². The molecule has 1 heterocycles. The summed E-state index contributed by atoms with van der Waals surface area (Å²) in [5.74, 6) is 0.883. The summed E-state index contributed by atoms with van der Waals surface area (Å²) < 4.78 is 1.78. The van der Waals surface area contributed by atoms with E-state index in [1.807, 2.05) is 18.2 Å². The Morgan fingerprint density at radius 2 is 2.19 bits per heavy atom. The van der Waals surface area contributed by atoms with Gasteiger partial charge >= 0.3 is 0 Å². The number of rotatable bonds is 6. The van der Waals surface area contributed by atoms with Crippen molar-refractivity contribution in [1.82, 2.24) is 14.9 Å². The highest BCUT2D eigenvalue weighted by Crippen LogP contribution is 2.18. The van der Waals surface area contributed by atoms with Crippen LogP contribution in [-0.4, -0.2) is 27.1 Å². The Morgan fingerprint density at radius 1 is 1.43 bits per heavy atom. The molecule has 0 aliphatic heterocycles. The van der Waals surface area contributed by atoms with Crippen LogP contribution in [0.1, 0.15) is 32.2 Å². The maximum Gasteiger partial charge on any atom is 0.240 e. The van der Waals surface area contributed by atoms with Crippen LogP contribution in [0.2, 0.25) is 0 Å². The number of hydrogen-bond donors (Lipinski definition) is 2. The maximum atomic E-state index is 12.0. The first kappa shape index (κ1) is 15.5. The number of carbonyl (C=O) groups is 1. The average molecular weight is 289 g/mol. The van der Waals surface area contributed by atoms with E-state index in [4.69, 9.17) is 0 Å². The van der Waals surface area contributed by atoms with Crippen molar-refractivity contribution in [3.63, 3.8) is 0 Å². The van der Waals surface area contributed by atoms with Crippen molar-refractivity contribution in [3.8, 4) is 0 Å². The minimum Gasteiger partial charge on any atom is -0.388 e. The number of aliphatic hydroxyl groups excluding tert-OH is 1. The highest BCUT2D eigenvalue weighted by atomic mass is 16.3. The molecule has 0 aliphatic rings. The van der Waals surface area contributed by atoms with Crippen LogP contribution in [0.4, 0.5) is 0 Å². The number of imidazole rings is 1. The van der Waals surface area contributed by atoms with Crippen LogP contribution in [0.15, 0.2) is 18.2 Å². The molecule has 0 radical (unpaired) electrons. The smallest absolute Gasteiger partial charge is 0.240 e. The van der Waals surface area contributed by atoms with E-state index in [0.29, 0.717) is 18.3 Å². The Kier molecular flexibility index (Phi) is 4.96. The van der Waals surface area contributed by atoms with Gasteiger partial charge in [-0.05, 0) is 30.0 Å². The number of aliphatic hydroxyl groups is 1. The van der Waals surface area contributed by atoms with E-state index in [-0.39, 0.29) is 19.1 Å². The molecule has 0 atom stereocenters. The summed E-state index contributed by atoms with van der Waals surface area (Å²) in [5, 5.41) is 12.4. The van der Waals surface area contributed by atoms with Gasteiger partial charge in [0.2, 0.25) is 5.91 Å². The SMILES string of the molecule is CCc1ccc2c(c1)nc(CO)n2CC(=O)NCC(C)C. The first-order valence-electron chi connectivity index (χ1n) is 7.40. The van der Waals surface area contributed by atoms with Crippen molar-refractivity contribution >= 4 is 16.9 Å². The van der Waals surface area contributed by atoms with Crippen molar-refractivity contribution in [3.05, 3.63) is 29.6 Å². The lowest BCUT2D eigenvalue weighted by molar-refractivity contribution is -0.121. The quantitative estimate of drug-likeness (QED) is 0.853. The molecule has 2 aromatic rings. The highest BCUT2D eigenvalue weighted by molar-refractivity contribution is 5.81. The van der Waals surface area contributed by atoms with Gasteiger partial charge in [-0.15, -0.1) is 0 Å². The minimum atomic E-state index is -0.173. The molecule has 0 fully saturated rings. The number of aryl methyl sites for hydroxylation is 1. The van der Waals surface area contributed by atoms with Crippen LogP contribution in [0.3, 0.4) is 0 Å². The van der Waals surface area contributed by atoms with E-state index >= 15 is 0 Å². The number of carbonyl (C=O) groups excluding carboxylic acids is 1. The van der Waals surface area contributed by atoms with Gasteiger partial charge in [0.05, 0.1) is 11.0 Å². The Balaban J connectivity index is 2.27. The zero-order valence-corrected chi connectivity index (χ0v) is 12.9. The Bertz CT molecular complexity index is 632. The second kappa shape index (κ2) is 6.72. The highest BCUT2D eigenvalue weighted by Gasteiger charge is 2.13. The largest absolute Gasteiger partial charge is 0.388 e. The molecule has 0 aliphatic carbocycles. The second-order valence-corrected chi connectivity index (χ2v) is 5.65. The predicted molar refractivity (Wildman–Crippen MR) is 82.9 cm³/mol. The van der Waals surface area contributed by atoms with E-state index in [1.54, 1.807) is 4.57 Å². The first-order valence-corrected chi connectivity index (χ1v) is 7.40. The fraction of sp³-hybridized carbons (Fsp3) is 0.500. The first-order chi connectivity index (χ1) is 10.0. The predicted octanol–water partition coefficient (Wildman–Crippen LogP) is 1.86. The molecule has 5 heteroatoms. The van der Waals surface area contributed by atoms with Crippen LogP contribution in [0.25, 0.3) is 11.0 Å². The molecular formula is C16H23N3O2. The van der Waals surface area contributed by atoms with Gasteiger partial charge in [-0.3, -0.25) is 4.79 Å². The van der Waals surface area contributed by atoms with Crippen molar-refractivity contribution in [1.29, 1.82) is 0 Å². The zero-order valence-electron chi connectivity index (χ0n) is 12.9. The second-order valence-electron chi connectivity index (χ2n) is 5.65. The van der Waals surface area contributed by atoms with Crippen LogP contribution < -0.4 is 5.32 Å². The molecule has 5 nitrogen and oxygen atoms in total. The van der Waals surface area contributed by atoms with Gasteiger partial charge in [-0.25, -0.2) is 4.98 Å². The lowest BCUT2D eigenvalue weighted by Gasteiger charge is -2.10. The van der Waals surface area contributed by atoms with Crippen molar-refractivity contribution < 1.29 is 9.90 Å². The normalized spacial score (nSPS) is 11.3. The van der Waals surface area contributed by atoms with E-state index in [0.717, 1.165) is 17.5 Å². The molecule has 1 aromatic carbocycles. The Hall–Kier alpha value is -1.88. The van der Waals surface area contributed by atoms with Crippen molar-refractivity contribution in [2.75, 3.05) is 6.54 Å². The third kappa shape index (κ3) is 3.61. The zero-order chi connectivity index (χ0) is 15.4. The summed E-state index contributed by atoms with van der Waals surface area (Å²) in [6.07, 6.45) is 0.937. The molecule has 1 amide bonds. The van der Waals surface area contributed by atoms with Crippen molar-refractivity contribution in [2.45, 2.75) is 40.3 Å². The molecule has 0 spiro atoms. The summed E-state index contributed by atoms with van der Waals surface area (Å²) in [5.41, 5.74) is 2.91. The number of fused-ring (bicyclic) bond motifs is 1. The Labute approximate surface area is 125 Å². The van der Waals surface area contributed by atoms with E-state index in [2.05, 4.69) is 31.1 Å². The summed E-state index contributed by atoms with van der Waals surface area (Å²) in [6, 6.07) is 6.01. The number of benzene rings is 1. The molecule has 21 heavy (non-hydrogen) atoms. The molecule has 2 rings (SSSR count). The van der Waals surface area contributed by atoms with Crippen LogP contribution in [0, 0.1) is 5.92 Å². The maximum absolute atomic E-state index is 12.0. The fourth-order valence-electron chi connectivity index (χ4n) is 2.26. The number of nitrogens with zero attached hydrogens (tertiary/aromatic N) is 2. The van der Waals surface area contributed by atoms with Gasteiger partial charge in [0.1, 0.15) is 19.0 Å². The summed E-state index contributed by atoms with van der Waals surface area (Å²) in [4.78, 5) is 16.4. The van der Waals surface area contributed by atoms with Gasteiger partial charge in [0.25, 0.3) is 0 Å². The average Bonchev–Trinajstić information content (AvgIpc) is 2.82. The molecule has 0 saturated carbocycles. The third-order valence-corrected chi connectivity index (χ3v) is 3.45. The number of nitrogens with one attached hydrogen (secondary N) is 1. The standard InChI is InChI=1S/C16H23N3O2/c1-4-12-5-6-14-13(7-12)18-15(10-20)19(14)9-16(21)17-8-11(2)3/h5-7,11,20H,4,8-10H2,1-3H3,(H,17,21). The summed E-state index contributed by atoms with van der Waals surface area (Å²) in [6.45, 7) is 6.86. The van der Waals surface area contributed by atoms with Gasteiger partial charge < -0.3 is 15.0 Å². The molecule has 0 saturated heterocycles. The van der Waals surface area contributed by atoms with E-state index < -0.39 is 0 Å². The van der Waals surface area contributed by atoms with Crippen molar-refractivity contribution in [2.24, 2.45) is 5.92 Å². The molecule has 114 valence electrons. The van der Waals surface area contributed by atoms with E-state index in [9.17, 15) is 9.90 Å². The molecule has 2 N–H and O–H groups in total. The van der Waals surface area contributed by atoms with Crippen LogP contribution >= 0.6 is 0 Å². The summed E-state index contributed by atoms with van der Waals surface area (Å²) in [7, 11) is 0. The molecule has 0 bridgehead atoms. The van der Waals surface area contributed by atoms with Crippen LogP contribution in [0.5, 0.6) is 0 Å². The Morgan fingerprint density at radius 3 is 2.81 bits per heavy atom. The van der Waals surface area contributed by atoms with E-state index in [1.165, 1.54) is 5.56 Å². The number of hydrogen-bond acceptors (Lipinski definition) is 3. The lowest BCUT2D eigenvalue weighted by Crippen LogP contribution is -2.31. The topological polar surface area (TPSA) is 67.2 Å². The fourth-order valence-corrected chi connectivity index (χ4v) is 2.26. The molecular weight excluding hydrogens is 266 g/mol. The molecule has 1 aromatic heterocycles. The monoisotopic (exact) mass is 289 g/mol. The van der Waals surface area contributed by atoms with Gasteiger partial charge in [0, 0.05) is 6.54 Å². The minimum absolute atomic E-state index is 0.0581. The number of aromatic nitrogens is 2. The van der Waals surface area contributed by atoms with Crippen LogP contribution in [-0.2, 0) is 24.4 Å². The third-order valence-electron chi connectivity index (χ3n) is 3.45. The summed E-state index contributed by atoms with van der Waals surface area (Å²) >= 11 is 0. The lowest BCUT2D eigenvalue weighted by atomic mass is 10.1. The molecule has 0 unspecified atom stereocenters. The van der Waals surface area contributed by atoms with Gasteiger partial charge in [-0.1, -0.05) is 26.8 Å². The van der Waals surface area contributed by atoms with Gasteiger partial charge in [-0.2, -0.15) is 0 Å².